The van der Waals surface area contributed by atoms with E-state index in [-0.39, 0.29) is 24.1 Å². The number of hydrogen-bond donors (Lipinski definition) is 1. The topological polar surface area (TPSA) is 66.5 Å². The molecule has 1 aliphatic rings. The summed E-state index contributed by atoms with van der Waals surface area (Å²) in [5, 5.41) is 3.10. The van der Waals surface area contributed by atoms with E-state index in [1.54, 1.807) is 42.5 Å². The lowest BCUT2D eigenvalue weighted by molar-refractivity contribution is 0.0932. The van der Waals surface area contributed by atoms with Crippen LogP contribution in [-0.2, 0) is 23.0 Å². The lowest BCUT2D eigenvalue weighted by Crippen LogP contribution is -2.31. The van der Waals surface area contributed by atoms with Gasteiger partial charge < -0.3 is 5.32 Å². The number of carbonyl (C=O) groups is 1. The van der Waals surface area contributed by atoms with Crippen LogP contribution in [0.4, 0.5) is 10.1 Å². The average Bonchev–Trinajstić information content (AvgIpc) is 2.78. The van der Waals surface area contributed by atoms with Crippen molar-refractivity contribution in [2.75, 3.05) is 10.6 Å². The Kier molecular flexibility index (Phi) is 6.28. The number of fused-ring (bicyclic) bond motifs is 1. The molecule has 4 rings (SSSR count). The highest BCUT2D eigenvalue weighted by molar-refractivity contribution is 7.92. The third-order valence-electron chi connectivity index (χ3n) is 5.76. The monoisotopic (exact) mass is 452 g/mol. The predicted molar refractivity (Wildman–Crippen MR) is 123 cm³/mol. The van der Waals surface area contributed by atoms with E-state index in [2.05, 4.69) is 17.4 Å². The van der Waals surface area contributed by atoms with Crippen molar-refractivity contribution in [1.82, 2.24) is 5.32 Å². The van der Waals surface area contributed by atoms with Gasteiger partial charge in [0.25, 0.3) is 5.91 Å². The van der Waals surface area contributed by atoms with Crippen LogP contribution in [0, 0.1) is 5.82 Å². The first-order valence-corrected chi connectivity index (χ1v) is 12.4. The van der Waals surface area contributed by atoms with Crippen LogP contribution in [0.25, 0.3) is 0 Å². The number of amides is 1. The normalized spacial score (nSPS) is 15.6. The third kappa shape index (κ3) is 4.83. The molecule has 0 saturated heterocycles. The summed E-state index contributed by atoms with van der Waals surface area (Å²) in [6, 6.07) is 20.5. The molecule has 0 spiro atoms. The van der Waals surface area contributed by atoms with E-state index < -0.39 is 15.8 Å². The van der Waals surface area contributed by atoms with E-state index >= 15 is 0 Å². The molecule has 0 aromatic heterocycles. The van der Waals surface area contributed by atoms with Gasteiger partial charge in [-0.05, 0) is 60.7 Å². The molecule has 7 heteroatoms. The second kappa shape index (κ2) is 9.12. The van der Waals surface area contributed by atoms with Gasteiger partial charge in [0.1, 0.15) is 5.82 Å². The SMILES string of the molecule is CS(=O)(=O)N(Cc1ccccc1F)c1ccc(C(=O)N[C@H]2CCCc3ccccc32)cc1. The Morgan fingerprint density at radius 2 is 1.72 bits per heavy atom. The standard InChI is InChI=1S/C25H25FN2O3S/c1-32(30,31)28(17-20-8-3-5-11-23(20)26)21-15-13-19(14-16-21)25(29)27-24-12-6-9-18-7-2-4-10-22(18)24/h2-5,7-8,10-11,13-16,24H,6,9,12,17H2,1H3,(H,27,29)/t24-/m0/s1. The maximum Gasteiger partial charge on any atom is 0.251 e. The molecule has 32 heavy (non-hydrogen) atoms. The lowest BCUT2D eigenvalue weighted by Gasteiger charge is -2.26. The summed E-state index contributed by atoms with van der Waals surface area (Å²) < 4.78 is 39.9. The Morgan fingerprint density at radius 3 is 2.44 bits per heavy atom. The van der Waals surface area contributed by atoms with Gasteiger partial charge in [-0.2, -0.15) is 0 Å². The second-order valence-electron chi connectivity index (χ2n) is 8.03. The average molecular weight is 453 g/mol. The molecule has 1 amide bonds. The third-order valence-corrected chi connectivity index (χ3v) is 6.90. The molecule has 0 bridgehead atoms. The van der Waals surface area contributed by atoms with Crippen LogP contribution in [0.3, 0.4) is 0 Å². The smallest absolute Gasteiger partial charge is 0.251 e. The van der Waals surface area contributed by atoms with E-state index in [1.165, 1.54) is 11.6 Å². The van der Waals surface area contributed by atoms with E-state index in [0.717, 1.165) is 35.4 Å². The first-order chi connectivity index (χ1) is 15.3. The Balaban J connectivity index is 1.52. The van der Waals surface area contributed by atoms with Gasteiger partial charge in [0.15, 0.2) is 0 Å². The number of carbonyl (C=O) groups excluding carboxylic acids is 1. The van der Waals surface area contributed by atoms with Crippen LogP contribution in [0.15, 0.2) is 72.8 Å². The molecule has 5 nitrogen and oxygen atoms in total. The van der Waals surface area contributed by atoms with Gasteiger partial charge in [0.2, 0.25) is 10.0 Å². The fourth-order valence-corrected chi connectivity index (χ4v) is 4.98. The fourth-order valence-electron chi connectivity index (χ4n) is 4.11. The van der Waals surface area contributed by atoms with Gasteiger partial charge in [-0.15, -0.1) is 0 Å². The van der Waals surface area contributed by atoms with Crippen molar-refractivity contribution in [3.63, 3.8) is 0 Å². The maximum absolute atomic E-state index is 14.1. The summed E-state index contributed by atoms with van der Waals surface area (Å²) in [7, 11) is -3.66. The van der Waals surface area contributed by atoms with Gasteiger partial charge in [-0.1, -0.05) is 42.5 Å². The fraction of sp³-hybridized carbons (Fsp3) is 0.240. The largest absolute Gasteiger partial charge is 0.345 e. The van der Waals surface area contributed by atoms with Crippen molar-refractivity contribution in [1.29, 1.82) is 0 Å². The van der Waals surface area contributed by atoms with Gasteiger partial charge in [-0.3, -0.25) is 9.10 Å². The molecular weight excluding hydrogens is 427 g/mol. The quantitative estimate of drug-likeness (QED) is 0.595. The van der Waals surface area contributed by atoms with Crippen LogP contribution in [0.1, 0.15) is 45.9 Å². The number of halogens is 1. The maximum atomic E-state index is 14.1. The Hall–Kier alpha value is -3.19. The molecular formula is C25H25FN2O3S. The highest BCUT2D eigenvalue weighted by atomic mass is 32.2. The molecule has 1 atom stereocenters. The zero-order chi connectivity index (χ0) is 22.7. The van der Waals surface area contributed by atoms with Crippen molar-refractivity contribution < 1.29 is 17.6 Å². The summed E-state index contributed by atoms with van der Waals surface area (Å²) in [6.07, 6.45) is 3.99. The van der Waals surface area contributed by atoms with Crippen molar-refractivity contribution >= 4 is 21.6 Å². The molecule has 166 valence electrons. The predicted octanol–water partition coefficient (Wildman–Crippen LogP) is 4.60. The van der Waals surface area contributed by atoms with Crippen LogP contribution in [0.2, 0.25) is 0 Å². The van der Waals surface area contributed by atoms with Gasteiger partial charge in [0, 0.05) is 11.1 Å². The van der Waals surface area contributed by atoms with E-state index in [4.69, 9.17) is 0 Å². The van der Waals surface area contributed by atoms with Crippen LogP contribution in [0.5, 0.6) is 0 Å². The lowest BCUT2D eigenvalue weighted by atomic mass is 9.87. The van der Waals surface area contributed by atoms with Crippen LogP contribution >= 0.6 is 0 Å². The number of nitrogens with one attached hydrogen (secondary N) is 1. The summed E-state index contributed by atoms with van der Waals surface area (Å²) in [4.78, 5) is 12.8. The van der Waals surface area contributed by atoms with Crippen molar-refractivity contribution in [3.05, 3.63) is 101 Å². The zero-order valence-corrected chi connectivity index (χ0v) is 18.6. The van der Waals surface area contributed by atoms with Crippen molar-refractivity contribution in [3.8, 4) is 0 Å². The minimum atomic E-state index is -3.66. The Morgan fingerprint density at radius 1 is 1.03 bits per heavy atom. The summed E-state index contributed by atoms with van der Waals surface area (Å²) in [5.41, 5.74) is 3.50. The van der Waals surface area contributed by atoms with Gasteiger partial charge in [0.05, 0.1) is 24.5 Å². The number of hydrogen-bond acceptors (Lipinski definition) is 3. The number of sulfonamides is 1. The molecule has 0 aliphatic heterocycles. The van der Waals surface area contributed by atoms with Crippen LogP contribution < -0.4 is 9.62 Å². The van der Waals surface area contributed by atoms with E-state index in [0.29, 0.717) is 11.3 Å². The van der Waals surface area contributed by atoms with E-state index in [9.17, 15) is 17.6 Å². The first-order valence-electron chi connectivity index (χ1n) is 10.5. The molecule has 3 aromatic rings. The zero-order valence-electron chi connectivity index (χ0n) is 17.8. The van der Waals surface area contributed by atoms with Gasteiger partial charge >= 0.3 is 0 Å². The Bertz CT molecular complexity index is 1230. The van der Waals surface area contributed by atoms with E-state index in [1.807, 2.05) is 12.1 Å². The number of nitrogens with zero attached hydrogens (tertiary/aromatic N) is 1. The molecule has 0 heterocycles. The highest BCUT2D eigenvalue weighted by Crippen LogP contribution is 2.30. The minimum absolute atomic E-state index is 0.0410. The molecule has 0 fully saturated rings. The van der Waals surface area contributed by atoms with Crippen molar-refractivity contribution in [2.24, 2.45) is 0 Å². The second-order valence-corrected chi connectivity index (χ2v) is 9.93. The molecule has 0 unspecified atom stereocenters. The number of anilines is 1. The number of aryl methyl sites for hydroxylation is 1. The molecule has 0 radical (unpaired) electrons. The van der Waals surface area contributed by atoms with Gasteiger partial charge in [-0.25, -0.2) is 12.8 Å². The Labute approximate surface area is 187 Å². The first kappa shape index (κ1) is 22.0. The molecule has 1 aliphatic carbocycles. The molecule has 1 N–H and O–H groups in total. The number of benzene rings is 3. The number of rotatable bonds is 6. The summed E-state index contributed by atoms with van der Waals surface area (Å²) in [5.74, 6) is -0.678. The summed E-state index contributed by atoms with van der Waals surface area (Å²) in [6.45, 7) is -0.129. The summed E-state index contributed by atoms with van der Waals surface area (Å²) >= 11 is 0. The van der Waals surface area contributed by atoms with Crippen LogP contribution in [-0.4, -0.2) is 20.6 Å². The highest BCUT2D eigenvalue weighted by Gasteiger charge is 2.23. The van der Waals surface area contributed by atoms with Crippen molar-refractivity contribution in [2.45, 2.75) is 31.8 Å². The minimum Gasteiger partial charge on any atom is -0.345 e. The molecule has 0 saturated carbocycles. The molecule has 3 aromatic carbocycles.